The molecule has 11 heavy (non-hydrogen) atoms. The number of rotatable bonds is 1. The molecule has 0 saturated heterocycles. The molecule has 0 aliphatic heterocycles. The summed E-state index contributed by atoms with van der Waals surface area (Å²) in [7, 11) is 0. The van der Waals surface area contributed by atoms with Gasteiger partial charge in [0.15, 0.2) is 5.82 Å². The first-order valence-electron chi connectivity index (χ1n) is 2.99. The van der Waals surface area contributed by atoms with Crippen LogP contribution in [0, 0.1) is 5.82 Å². The first-order valence-corrected chi connectivity index (χ1v) is 3.75. The van der Waals surface area contributed by atoms with Gasteiger partial charge in [-0.1, -0.05) is 29.3 Å². The van der Waals surface area contributed by atoms with Gasteiger partial charge >= 0.3 is 0 Å². The van der Waals surface area contributed by atoms with Crippen LogP contribution in [0.3, 0.4) is 0 Å². The molecule has 0 aliphatic rings. The average Bonchev–Trinajstić information content (AvgIpc) is 2.01. The van der Waals surface area contributed by atoms with Gasteiger partial charge in [0, 0.05) is 6.54 Å². The lowest BCUT2D eigenvalue weighted by molar-refractivity contribution is 0.626. The van der Waals surface area contributed by atoms with Gasteiger partial charge in [-0.3, -0.25) is 0 Å². The lowest BCUT2D eigenvalue weighted by atomic mass is 10.2. The number of halogens is 3. The zero-order valence-corrected chi connectivity index (χ0v) is 7.08. The van der Waals surface area contributed by atoms with Crippen LogP contribution in [-0.2, 0) is 6.54 Å². The van der Waals surface area contributed by atoms with Gasteiger partial charge in [0.05, 0.1) is 10.0 Å². The molecule has 0 fully saturated rings. The molecule has 0 heterocycles. The molecule has 0 aliphatic carbocycles. The van der Waals surface area contributed by atoms with Crippen molar-refractivity contribution in [3.8, 4) is 0 Å². The van der Waals surface area contributed by atoms with E-state index in [0.29, 0.717) is 5.56 Å². The fourth-order valence-corrected chi connectivity index (χ4v) is 1.17. The van der Waals surface area contributed by atoms with E-state index in [2.05, 4.69) is 0 Å². The summed E-state index contributed by atoms with van der Waals surface area (Å²) in [5, 5.41) is 0.0344. The summed E-state index contributed by atoms with van der Waals surface area (Å²) in [5.74, 6) is -0.601. The third-order valence-electron chi connectivity index (χ3n) is 1.34. The number of hydrogen-bond donors (Lipinski definition) is 1. The Balaban J connectivity index is 3.25. The van der Waals surface area contributed by atoms with Crippen molar-refractivity contribution in [1.29, 1.82) is 0 Å². The zero-order valence-electron chi connectivity index (χ0n) is 5.57. The van der Waals surface area contributed by atoms with Gasteiger partial charge in [0.2, 0.25) is 0 Å². The maximum absolute atomic E-state index is 12.9. The van der Waals surface area contributed by atoms with Crippen molar-refractivity contribution in [2.24, 2.45) is 5.73 Å². The summed E-state index contributed by atoms with van der Waals surface area (Å²) in [6.45, 7) is 0.215. The smallest absolute Gasteiger partial charge is 0.160 e. The minimum atomic E-state index is -0.601. The first-order chi connectivity index (χ1) is 5.16. The van der Waals surface area contributed by atoms with Gasteiger partial charge < -0.3 is 5.73 Å². The van der Waals surface area contributed by atoms with E-state index in [1.54, 1.807) is 6.07 Å². The topological polar surface area (TPSA) is 26.0 Å². The van der Waals surface area contributed by atoms with Crippen LogP contribution in [0.5, 0.6) is 0 Å². The summed E-state index contributed by atoms with van der Waals surface area (Å²) in [5.41, 5.74) is 5.84. The van der Waals surface area contributed by atoms with Crippen molar-refractivity contribution in [3.63, 3.8) is 0 Å². The van der Waals surface area contributed by atoms with Crippen LogP contribution in [0.15, 0.2) is 12.1 Å². The monoisotopic (exact) mass is 193 g/mol. The minimum Gasteiger partial charge on any atom is -0.326 e. The number of hydrogen-bond acceptors (Lipinski definition) is 1. The molecule has 0 bridgehead atoms. The van der Waals surface area contributed by atoms with Crippen molar-refractivity contribution in [2.75, 3.05) is 0 Å². The molecule has 0 aromatic heterocycles. The molecule has 0 saturated carbocycles. The second-order valence-electron chi connectivity index (χ2n) is 2.04. The summed E-state index contributed by atoms with van der Waals surface area (Å²) in [6, 6.07) is 3.04. The maximum Gasteiger partial charge on any atom is 0.160 e. The molecule has 1 aromatic carbocycles. The van der Waals surface area contributed by atoms with Crippen molar-refractivity contribution >= 4 is 23.2 Å². The molecule has 4 heteroatoms. The van der Waals surface area contributed by atoms with E-state index in [1.807, 2.05) is 0 Å². The Kier molecular flexibility index (Phi) is 2.71. The highest BCUT2D eigenvalue weighted by Crippen LogP contribution is 2.25. The molecule has 1 nitrogen and oxygen atoms in total. The quantitative estimate of drug-likeness (QED) is 0.683. The Morgan fingerprint density at radius 3 is 2.55 bits per heavy atom. The van der Waals surface area contributed by atoms with Gasteiger partial charge in [-0.15, -0.1) is 0 Å². The molecule has 1 aromatic rings. The van der Waals surface area contributed by atoms with Gasteiger partial charge in [0.1, 0.15) is 0 Å². The second kappa shape index (κ2) is 3.39. The molecule has 0 radical (unpaired) electrons. The third-order valence-corrected chi connectivity index (χ3v) is 2.04. The molecular weight excluding hydrogens is 188 g/mol. The van der Waals surface area contributed by atoms with Crippen LogP contribution in [0.25, 0.3) is 0 Å². The summed E-state index contributed by atoms with van der Waals surface area (Å²) >= 11 is 11.0. The van der Waals surface area contributed by atoms with E-state index in [9.17, 15) is 4.39 Å². The van der Waals surface area contributed by atoms with E-state index < -0.39 is 5.82 Å². The number of nitrogens with two attached hydrogens (primary N) is 1. The van der Waals surface area contributed by atoms with Crippen LogP contribution < -0.4 is 5.73 Å². The lowest BCUT2D eigenvalue weighted by Gasteiger charge is -2.02. The van der Waals surface area contributed by atoms with Gasteiger partial charge in [-0.2, -0.15) is 0 Å². The average molecular weight is 194 g/mol. The molecule has 1 rings (SSSR count). The van der Waals surface area contributed by atoms with E-state index in [4.69, 9.17) is 28.9 Å². The predicted molar refractivity (Wildman–Crippen MR) is 44.3 cm³/mol. The molecule has 0 unspecified atom stereocenters. The van der Waals surface area contributed by atoms with Crippen LogP contribution in [-0.4, -0.2) is 0 Å². The van der Waals surface area contributed by atoms with Crippen molar-refractivity contribution in [3.05, 3.63) is 33.6 Å². The lowest BCUT2D eigenvalue weighted by Crippen LogP contribution is -1.98. The van der Waals surface area contributed by atoms with Crippen molar-refractivity contribution < 1.29 is 4.39 Å². The fraction of sp³-hybridized carbons (Fsp3) is 0.143. The van der Waals surface area contributed by atoms with Crippen LogP contribution in [0.2, 0.25) is 10.0 Å². The summed E-state index contributed by atoms with van der Waals surface area (Å²) in [6.07, 6.45) is 0. The molecule has 0 amide bonds. The number of benzene rings is 1. The van der Waals surface area contributed by atoms with Crippen LogP contribution >= 0.6 is 23.2 Å². The van der Waals surface area contributed by atoms with Gasteiger partial charge in [0.25, 0.3) is 0 Å². The summed E-state index contributed by atoms with van der Waals surface area (Å²) in [4.78, 5) is 0. The van der Waals surface area contributed by atoms with Crippen LogP contribution in [0.1, 0.15) is 5.56 Å². The van der Waals surface area contributed by atoms with Gasteiger partial charge in [-0.05, 0) is 11.6 Å². The van der Waals surface area contributed by atoms with E-state index in [0.717, 1.165) is 0 Å². The van der Waals surface area contributed by atoms with Crippen molar-refractivity contribution in [1.82, 2.24) is 0 Å². The van der Waals surface area contributed by atoms with Crippen molar-refractivity contribution in [2.45, 2.75) is 6.54 Å². The largest absolute Gasteiger partial charge is 0.326 e. The summed E-state index contributed by atoms with van der Waals surface area (Å²) < 4.78 is 12.9. The Bertz CT molecular complexity index is 275. The Labute approximate surface area is 73.9 Å². The van der Waals surface area contributed by atoms with Gasteiger partial charge in [-0.25, -0.2) is 4.39 Å². The normalized spacial score (nSPS) is 10.2. The Hall–Kier alpha value is -0.310. The SMILES string of the molecule is NCc1ccc(Cl)c(F)c1Cl. The Morgan fingerprint density at radius 1 is 1.36 bits per heavy atom. The molecule has 60 valence electrons. The highest BCUT2D eigenvalue weighted by Gasteiger charge is 2.07. The molecule has 0 atom stereocenters. The third kappa shape index (κ3) is 1.64. The minimum absolute atomic E-state index is 0.0139. The Morgan fingerprint density at radius 2 is 2.00 bits per heavy atom. The fourth-order valence-electron chi connectivity index (χ4n) is 0.724. The van der Waals surface area contributed by atoms with Crippen LogP contribution in [0.4, 0.5) is 4.39 Å². The standard InChI is InChI=1S/C7H6Cl2FN/c8-5-2-1-4(3-11)6(9)7(5)10/h1-2H,3,11H2. The second-order valence-corrected chi connectivity index (χ2v) is 2.82. The highest BCUT2D eigenvalue weighted by atomic mass is 35.5. The highest BCUT2D eigenvalue weighted by molar-refractivity contribution is 6.35. The maximum atomic E-state index is 12.9. The molecular formula is C7H6Cl2FN. The van der Waals surface area contributed by atoms with E-state index >= 15 is 0 Å². The van der Waals surface area contributed by atoms with E-state index in [-0.39, 0.29) is 16.6 Å². The zero-order chi connectivity index (χ0) is 8.43. The molecule has 0 spiro atoms. The predicted octanol–water partition coefficient (Wildman–Crippen LogP) is 2.59. The van der Waals surface area contributed by atoms with E-state index in [1.165, 1.54) is 6.07 Å². The first kappa shape index (κ1) is 8.78. The molecule has 2 N–H and O–H groups in total.